The van der Waals surface area contributed by atoms with Crippen LogP contribution in [0.2, 0.25) is 0 Å². The molecule has 0 saturated heterocycles. The smallest absolute Gasteiger partial charge is 0.464 e. The van der Waals surface area contributed by atoms with Gasteiger partial charge in [-0.2, -0.15) is 5.09 Å². The minimum Gasteiger partial charge on any atom is -0.464 e. The average molecular weight is 462 g/mol. The third-order valence-electron chi connectivity index (χ3n) is 5.13. The van der Waals surface area contributed by atoms with E-state index in [4.69, 9.17) is 13.8 Å². The maximum Gasteiger partial charge on any atom is 0.513 e. The zero-order valence-corrected chi connectivity index (χ0v) is 18.7. The van der Waals surface area contributed by atoms with Crippen molar-refractivity contribution in [3.63, 3.8) is 0 Å². The molecule has 1 fully saturated rings. The molecule has 3 rings (SSSR count). The molecule has 2 aromatic rings. The van der Waals surface area contributed by atoms with Crippen molar-refractivity contribution < 1.29 is 28.1 Å². The highest BCUT2D eigenvalue weighted by Gasteiger charge is 2.34. The van der Waals surface area contributed by atoms with E-state index in [9.17, 15) is 19.5 Å². The first kappa shape index (κ1) is 23.8. The number of benzene rings is 2. The summed E-state index contributed by atoms with van der Waals surface area (Å²) in [6.07, 6.45) is 5.56. The Kier molecular flexibility index (Phi) is 8.25. The van der Waals surface area contributed by atoms with Gasteiger partial charge >= 0.3 is 13.7 Å². The Morgan fingerprint density at radius 3 is 2.25 bits per heavy atom. The Balaban J connectivity index is 1.68. The zero-order valence-electron chi connectivity index (χ0n) is 17.8. The van der Waals surface area contributed by atoms with Crippen LogP contribution in [0.5, 0.6) is 11.5 Å². The van der Waals surface area contributed by atoms with E-state index < -0.39 is 24.7 Å². The van der Waals surface area contributed by atoms with Gasteiger partial charge in [0.15, 0.2) is 0 Å². The van der Waals surface area contributed by atoms with E-state index in [-0.39, 0.29) is 17.2 Å². The van der Waals surface area contributed by atoms with Crippen molar-refractivity contribution >= 4 is 19.4 Å². The summed E-state index contributed by atoms with van der Waals surface area (Å²) in [7, 11) is -4.09. The quantitative estimate of drug-likeness (QED) is 0.220. The highest BCUT2D eigenvalue weighted by molar-refractivity contribution is 7.52. The first-order chi connectivity index (χ1) is 15.3. The van der Waals surface area contributed by atoms with Crippen molar-refractivity contribution in [2.24, 2.45) is 5.92 Å². The number of hydrogen-bond acceptors (Lipinski definition) is 7. The van der Waals surface area contributed by atoms with Gasteiger partial charge in [0.1, 0.15) is 17.5 Å². The average Bonchev–Trinajstić information content (AvgIpc) is 2.79. The zero-order chi connectivity index (χ0) is 23.0. The molecule has 1 N–H and O–H groups in total. The second-order valence-electron chi connectivity index (χ2n) is 7.73. The molecule has 0 aromatic heterocycles. The summed E-state index contributed by atoms with van der Waals surface area (Å²) >= 11 is 0. The van der Waals surface area contributed by atoms with Crippen molar-refractivity contribution in [1.82, 2.24) is 5.09 Å². The fourth-order valence-corrected chi connectivity index (χ4v) is 4.95. The van der Waals surface area contributed by atoms with Gasteiger partial charge < -0.3 is 13.8 Å². The first-order valence-corrected chi connectivity index (χ1v) is 12.1. The van der Waals surface area contributed by atoms with E-state index in [1.165, 1.54) is 37.6 Å². The standard InChI is InChI=1S/C22H27N2O7P/c1-17(22(25)29-16-18-8-4-2-5-9-18)23-32(28,30-20-10-6-3-7-11-20)31-21-14-12-19(13-15-21)24(26)27/h3,6-7,10-15,17-18H,2,4-5,8-9,16H2,1H3,(H,23,28)/t17-,32?/m0/s1. The third-order valence-corrected chi connectivity index (χ3v) is 6.74. The van der Waals surface area contributed by atoms with E-state index in [0.29, 0.717) is 12.5 Å². The highest BCUT2D eigenvalue weighted by atomic mass is 31.2. The van der Waals surface area contributed by atoms with Crippen molar-refractivity contribution in [1.29, 1.82) is 0 Å². The Hall–Kier alpha value is -2.90. The van der Waals surface area contributed by atoms with Gasteiger partial charge in [-0.3, -0.25) is 14.9 Å². The number of carbonyl (C=O) groups excluding carboxylic acids is 1. The number of nitro groups is 1. The minimum atomic E-state index is -4.09. The van der Waals surface area contributed by atoms with Crippen LogP contribution in [0.15, 0.2) is 54.6 Å². The lowest BCUT2D eigenvalue weighted by Gasteiger charge is -2.24. The molecule has 10 heteroatoms. The van der Waals surface area contributed by atoms with Crippen LogP contribution in [0.1, 0.15) is 39.0 Å². The van der Waals surface area contributed by atoms with Crippen molar-refractivity contribution in [3.8, 4) is 11.5 Å². The molecule has 172 valence electrons. The van der Waals surface area contributed by atoms with Gasteiger partial charge in [0, 0.05) is 12.1 Å². The molecular formula is C22H27N2O7P. The van der Waals surface area contributed by atoms with Gasteiger partial charge in [-0.1, -0.05) is 37.5 Å². The normalized spacial score (nSPS) is 17.0. The third kappa shape index (κ3) is 7.07. The number of nitrogens with one attached hydrogen (secondary N) is 1. The topological polar surface area (TPSA) is 117 Å². The number of nitro benzene ring substituents is 1. The molecule has 1 unspecified atom stereocenters. The molecule has 0 aliphatic heterocycles. The Labute approximate surface area is 186 Å². The number of nitrogens with zero attached hydrogens (tertiary/aromatic N) is 1. The van der Waals surface area contributed by atoms with E-state index >= 15 is 0 Å². The van der Waals surface area contributed by atoms with Crippen LogP contribution >= 0.6 is 7.75 Å². The first-order valence-electron chi connectivity index (χ1n) is 10.6. The summed E-state index contributed by atoms with van der Waals surface area (Å²) in [5.74, 6) is 0.154. The summed E-state index contributed by atoms with van der Waals surface area (Å²) < 4.78 is 30.0. The lowest BCUT2D eigenvalue weighted by molar-refractivity contribution is -0.384. The minimum absolute atomic E-state index is 0.0881. The Morgan fingerprint density at radius 1 is 1.06 bits per heavy atom. The summed E-state index contributed by atoms with van der Waals surface area (Å²) in [4.78, 5) is 22.8. The maximum atomic E-state index is 13.5. The fraction of sp³-hybridized carbons (Fsp3) is 0.409. The van der Waals surface area contributed by atoms with Crippen LogP contribution < -0.4 is 14.1 Å². The lowest BCUT2D eigenvalue weighted by Crippen LogP contribution is -2.36. The molecule has 32 heavy (non-hydrogen) atoms. The summed E-state index contributed by atoms with van der Waals surface area (Å²) in [5.41, 5.74) is -0.135. The number of ether oxygens (including phenoxy) is 1. The molecular weight excluding hydrogens is 435 g/mol. The molecule has 9 nitrogen and oxygen atoms in total. The molecule has 1 aliphatic rings. The molecule has 2 atom stereocenters. The number of carbonyl (C=O) groups is 1. The molecule has 0 heterocycles. The van der Waals surface area contributed by atoms with Crippen LogP contribution in [0.3, 0.4) is 0 Å². The SMILES string of the molecule is C[C@H](NP(=O)(Oc1ccccc1)Oc1ccc([N+](=O)[O-])cc1)C(=O)OCC1CCCCC1. The van der Waals surface area contributed by atoms with Crippen LogP contribution in [0, 0.1) is 16.0 Å². The summed E-state index contributed by atoms with van der Waals surface area (Å²) in [6.45, 7) is 1.85. The van der Waals surface area contributed by atoms with Crippen molar-refractivity contribution in [2.45, 2.75) is 45.1 Å². The predicted octanol–water partition coefficient (Wildman–Crippen LogP) is 5.26. The molecule has 2 aromatic carbocycles. The number of rotatable bonds is 10. The second-order valence-corrected chi connectivity index (χ2v) is 9.35. The lowest BCUT2D eigenvalue weighted by atomic mass is 9.90. The van der Waals surface area contributed by atoms with Gasteiger partial charge in [0.2, 0.25) is 0 Å². The molecule has 1 aliphatic carbocycles. The van der Waals surface area contributed by atoms with Crippen LogP contribution in [-0.4, -0.2) is 23.5 Å². The van der Waals surface area contributed by atoms with E-state index in [1.807, 2.05) is 0 Å². The van der Waals surface area contributed by atoms with Gasteiger partial charge in [0.05, 0.1) is 11.5 Å². The molecule has 1 saturated carbocycles. The van der Waals surface area contributed by atoms with Crippen molar-refractivity contribution in [2.75, 3.05) is 6.61 Å². The summed E-state index contributed by atoms with van der Waals surface area (Å²) in [6, 6.07) is 12.5. The van der Waals surface area contributed by atoms with Crippen LogP contribution in [-0.2, 0) is 14.1 Å². The number of para-hydroxylation sites is 1. The monoisotopic (exact) mass is 462 g/mol. The van der Waals surface area contributed by atoms with Gasteiger partial charge in [-0.15, -0.1) is 0 Å². The molecule has 0 bridgehead atoms. The maximum absolute atomic E-state index is 13.5. The Morgan fingerprint density at radius 2 is 1.66 bits per heavy atom. The number of esters is 1. The van der Waals surface area contributed by atoms with Crippen LogP contribution in [0.4, 0.5) is 5.69 Å². The summed E-state index contributed by atoms with van der Waals surface area (Å²) in [5, 5.41) is 13.5. The number of non-ortho nitro benzene ring substituents is 1. The largest absolute Gasteiger partial charge is 0.513 e. The van der Waals surface area contributed by atoms with E-state index in [1.54, 1.807) is 30.3 Å². The highest BCUT2D eigenvalue weighted by Crippen LogP contribution is 2.45. The Bertz CT molecular complexity index is 947. The predicted molar refractivity (Wildman–Crippen MR) is 119 cm³/mol. The van der Waals surface area contributed by atoms with Crippen molar-refractivity contribution in [3.05, 3.63) is 64.7 Å². The van der Waals surface area contributed by atoms with Crippen LogP contribution in [0.25, 0.3) is 0 Å². The fourth-order valence-electron chi connectivity index (χ4n) is 3.43. The molecule has 0 spiro atoms. The van der Waals surface area contributed by atoms with E-state index in [0.717, 1.165) is 25.7 Å². The second kappa shape index (κ2) is 11.1. The van der Waals surface area contributed by atoms with Gasteiger partial charge in [-0.05, 0) is 49.9 Å². The van der Waals surface area contributed by atoms with Gasteiger partial charge in [0.25, 0.3) is 5.69 Å². The number of hydrogen-bond donors (Lipinski definition) is 1. The van der Waals surface area contributed by atoms with E-state index in [2.05, 4.69) is 5.09 Å². The van der Waals surface area contributed by atoms with Gasteiger partial charge in [-0.25, -0.2) is 4.57 Å². The molecule has 0 radical (unpaired) electrons. The molecule has 0 amide bonds.